The van der Waals surface area contributed by atoms with Gasteiger partial charge in [-0.25, -0.2) is 4.98 Å². The monoisotopic (exact) mass is 347 g/mol. The Labute approximate surface area is 152 Å². The average Bonchev–Trinajstić information content (AvgIpc) is 3.20. The van der Waals surface area contributed by atoms with Crippen LogP contribution in [0, 0.1) is 5.92 Å². The number of nitrogens with zero attached hydrogens (tertiary/aromatic N) is 2. The molecule has 1 aliphatic rings. The molecule has 26 heavy (non-hydrogen) atoms. The molecule has 1 N–H and O–H groups in total. The first kappa shape index (κ1) is 16.5. The molecule has 0 aliphatic heterocycles. The highest BCUT2D eigenvalue weighted by atomic mass is 16.5. The van der Waals surface area contributed by atoms with Crippen molar-refractivity contribution in [3.8, 4) is 5.88 Å². The number of pyridine rings is 2. The number of rotatable bonds is 5. The van der Waals surface area contributed by atoms with Gasteiger partial charge in [0.15, 0.2) is 0 Å². The van der Waals surface area contributed by atoms with Crippen LogP contribution in [0.25, 0.3) is 10.8 Å². The van der Waals surface area contributed by atoms with Crippen LogP contribution in [0.2, 0.25) is 0 Å². The first-order valence-electron chi connectivity index (χ1n) is 9.03. The van der Waals surface area contributed by atoms with Crippen molar-refractivity contribution in [2.75, 3.05) is 11.9 Å². The summed E-state index contributed by atoms with van der Waals surface area (Å²) in [7, 11) is 0. The fraction of sp³-hybridized carbons (Fsp3) is 0.286. The van der Waals surface area contributed by atoms with E-state index in [9.17, 15) is 4.79 Å². The van der Waals surface area contributed by atoms with Gasteiger partial charge in [0.1, 0.15) is 5.69 Å². The number of anilines is 1. The summed E-state index contributed by atoms with van der Waals surface area (Å²) in [5.41, 5.74) is 1.11. The van der Waals surface area contributed by atoms with Gasteiger partial charge in [0.25, 0.3) is 5.91 Å². The summed E-state index contributed by atoms with van der Waals surface area (Å²) in [6.45, 7) is 0.726. The number of hydrogen-bond acceptors (Lipinski definition) is 4. The Morgan fingerprint density at radius 2 is 1.96 bits per heavy atom. The third-order valence-electron chi connectivity index (χ3n) is 4.81. The number of aromatic nitrogens is 2. The number of carbonyl (C=O) groups is 1. The summed E-state index contributed by atoms with van der Waals surface area (Å²) in [5, 5.41) is 4.83. The number of benzene rings is 1. The van der Waals surface area contributed by atoms with Gasteiger partial charge in [0, 0.05) is 23.5 Å². The Kier molecular flexibility index (Phi) is 4.78. The number of amides is 1. The van der Waals surface area contributed by atoms with E-state index < -0.39 is 0 Å². The lowest BCUT2D eigenvalue weighted by atomic mass is 10.1. The maximum Gasteiger partial charge on any atom is 0.274 e. The van der Waals surface area contributed by atoms with E-state index in [2.05, 4.69) is 15.3 Å². The Morgan fingerprint density at radius 1 is 1.08 bits per heavy atom. The summed E-state index contributed by atoms with van der Waals surface area (Å²) in [6, 6.07) is 12.9. The molecular weight excluding hydrogens is 326 g/mol. The Balaban J connectivity index is 1.51. The van der Waals surface area contributed by atoms with E-state index in [1.807, 2.05) is 24.3 Å². The number of fused-ring (bicyclic) bond motifs is 1. The van der Waals surface area contributed by atoms with Gasteiger partial charge in [-0.05, 0) is 60.5 Å². The third-order valence-corrected chi connectivity index (χ3v) is 4.81. The lowest BCUT2D eigenvalue weighted by Crippen LogP contribution is -2.13. The van der Waals surface area contributed by atoms with E-state index in [0.29, 0.717) is 17.5 Å². The molecule has 5 heteroatoms. The average molecular weight is 347 g/mol. The maximum atomic E-state index is 12.3. The molecule has 5 nitrogen and oxygen atoms in total. The first-order valence-corrected chi connectivity index (χ1v) is 9.03. The summed E-state index contributed by atoms with van der Waals surface area (Å²) < 4.78 is 5.99. The largest absolute Gasteiger partial charge is 0.477 e. The van der Waals surface area contributed by atoms with E-state index >= 15 is 0 Å². The lowest BCUT2D eigenvalue weighted by Gasteiger charge is -2.13. The van der Waals surface area contributed by atoms with Crippen LogP contribution in [-0.2, 0) is 0 Å². The molecule has 0 unspecified atom stereocenters. The molecule has 1 aliphatic carbocycles. The zero-order valence-corrected chi connectivity index (χ0v) is 14.5. The molecule has 1 amide bonds. The zero-order valence-electron chi connectivity index (χ0n) is 14.5. The second-order valence-corrected chi connectivity index (χ2v) is 6.68. The van der Waals surface area contributed by atoms with E-state index in [1.165, 1.54) is 25.7 Å². The SMILES string of the molecule is O=C(Nc1ccc2c(OCC3CCCC3)nccc2c1)c1ccccn1. The van der Waals surface area contributed by atoms with Crippen LogP contribution >= 0.6 is 0 Å². The van der Waals surface area contributed by atoms with Gasteiger partial charge < -0.3 is 10.1 Å². The second-order valence-electron chi connectivity index (χ2n) is 6.68. The summed E-state index contributed by atoms with van der Waals surface area (Å²) in [5.74, 6) is 1.08. The van der Waals surface area contributed by atoms with Gasteiger partial charge in [0.05, 0.1) is 6.61 Å². The van der Waals surface area contributed by atoms with Crippen LogP contribution in [0.1, 0.15) is 36.2 Å². The van der Waals surface area contributed by atoms with Gasteiger partial charge in [-0.1, -0.05) is 18.9 Å². The minimum Gasteiger partial charge on any atom is -0.477 e. The van der Waals surface area contributed by atoms with Gasteiger partial charge in [-0.15, -0.1) is 0 Å². The molecule has 0 radical (unpaired) electrons. The fourth-order valence-corrected chi connectivity index (χ4v) is 3.41. The van der Waals surface area contributed by atoms with Crippen molar-refractivity contribution >= 4 is 22.4 Å². The zero-order chi connectivity index (χ0) is 17.8. The van der Waals surface area contributed by atoms with Crippen LogP contribution < -0.4 is 10.1 Å². The minimum atomic E-state index is -0.225. The van der Waals surface area contributed by atoms with Gasteiger partial charge >= 0.3 is 0 Å². The van der Waals surface area contributed by atoms with Gasteiger partial charge in [0.2, 0.25) is 5.88 Å². The Bertz CT molecular complexity index is 906. The van der Waals surface area contributed by atoms with E-state index in [0.717, 1.165) is 23.1 Å². The van der Waals surface area contributed by atoms with Crippen LogP contribution in [-0.4, -0.2) is 22.5 Å². The molecule has 0 saturated heterocycles. The topological polar surface area (TPSA) is 64.1 Å². The highest BCUT2D eigenvalue weighted by Crippen LogP contribution is 2.29. The highest BCUT2D eigenvalue weighted by Gasteiger charge is 2.16. The second kappa shape index (κ2) is 7.52. The predicted molar refractivity (Wildman–Crippen MR) is 101 cm³/mol. The maximum absolute atomic E-state index is 12.3. The minimum absolute atomic E-state index is 0.225. The molecule has 4 rings (SSSR count). The van der Waals surface area contributed by atoms with Crippen LogP contribution in [0.4, 0.5) is 5.69 Å². The molecule has 132 valence electrons. The van der Waals surface area contributed by atoms with E-state index in [1.54, 1.807) is 30.6 Å². The van der Waals surface area contributed by atoms with Crippen molar-refractivity contribution in [3.05, 3.63) is 60.6 Å². The van der Waals surface area contributed by atoms with Crippen molar-refractivity contribution in [2.45, 2.75) is 25.7 Å². The van der Waals surface area contributed by atoms with Crippen molar-refractivity contribution in [1.82, 2.24) is 9.97 Å². The van der Waals surface area contributed by atoms with Crippen molar-refractivity contribution in [1.29, 1.82) is 0 Å². The number of ether oxygens (including phenoxy) is 1. The number of nitrogens with one attached hydrogen (secondary N) is 1. The van der Waals surface area contributed by atoms with Crippen LogP contribution in [0.5, 0.6) is 5.88 Å². The van der Waals surface area contributed by atoms with Gasteiger partial charge in [-0.2, -0.15) is 0 Å². The van der Waals surface area contributed by atoms with Crippen molar-refractivity contribution in [2.24, 2.45) is 5.92 Å². The summed E-state index contributed by atoms with van der Waals surface area (Å²) in [6.07, 6.45) is 8.45. The Morgan fingerprint density at radius 3 is 2.77 bits per heavy atom. The normalized spacial score (nSPS) is 14.5. The van der Waals surface area contributed by atoms with Crippen LogP contribution in [0.3, 0.4) is 0 Å². The molecular formula is C21H21N3O2. The molecule has 0 atom stereocenters. The highest BCUT2D eigenvalue weighted by molar-refractivity contribution is 6.04. The van der Waals surface area contributed by atoms with Crippen molar-refractivity contribution in [3.63, 3.8) is 0 Å². The Hall–Kier alpha value is -2.95. The first-order chi connectivity index (χ1) is 12.8. The summed E-state index contributed by atoms with van der Waals surface area (Å²) >= 11 is 0. The quantitative estimate of drug-likeness (QED) is 0.740. The molecule has 2 heterocycles. The van der Waals surface area contributed by atoms with E-state index in [4.69, 9.17) is 4.74 Å². The molecule has 3 aromatic rings. The predicted octanol–water partition coefficient (Wildman–Crippen LogP) is 4.45. The standard InChI is InChI=1S/C21H21N3O2/c25-20(19-7-3-4-11-22-19)24-17-8-9-18-16(13-17)10-12-23-21(18)26-14-15-5-1-2-6-15/h3-4,7-13,15H,1-2,5-6,14H2,(H,24,25). The van der Waals surface area contributed by atoms with E-state index in [-0.39, 0.29) is 5.91 Å². The summed E-state index contributed by atoms with van der Waals surface area (Å²) in [4.78, 5) is 20.7. The molecule has 0 spiro atoms. The molecule has 1 aromatic carbocycles. The van der Waals surface area contributed by atoms with Crippen molar-refractivity contribution < 1.29 is 9.53 Å². The number of carbonyl (C=O) groups excluding carboxylic acids is 1. The fourth-order valence-electron chi connectivity index (χ4n) is 3.41. The molecule has 0 bridgehead atoms. The molecule has 2 aromatic heterocycles. The number of hydrogen-bond donors (Lipinski definition) is 1. The molecule has 1 saturated carbocycles. The third kappa shape index (κ3) is 3.67. The lowest BCUT2D eigenvalue weighted by molar-refractivity contribution is 0.102. The van der Waals surface area contributed by atoms with Crippen LogP contribution in [0.15, 0.2) is 54.9 Å². The smallest absolute Gasteiger partial charge is 0.274 e. The van der Waals surface area contributed by atoms with Gasteiger partial charge in [-0.3, -0.25) is 9.78 Å². The molecule has 1 fully saturated rings.